The highest BCUT2D eigenvalue weighted by Gasteiger charge is 2.36. The second-order valence-corrected chi connectivity index (χ2v) is 7.15. The smallest absolute Gasteiger partial charge is 0.323 e. The van der Waals surface area contributed by atoms with E-state index in [9.17, 15) is 13.2 Å². The van der Waals surface area contributed by atoms with Crippen molar-refractivity contribution >= 4 is 15.8 Å². The predicted octanol–water partition coefficient (Wildman–Crippen LogP) is 1.13. The minimum Gasteiger partial charge on any atom is -0.468 e. The number of benzene rings is 1. The Kier molecular flexibility index (Phi) is 4.45. The number of hydrogen-bond acceptors (Lipinski definition) is 5. The second-order valence-electron chi connectivity index (χ2n) is 5.14. The van der Waals surface area contributed by atoms with E-state index in [-0.39, 0.29) is 12.0 Å². The Morgan fingerprint density at radius 3 is 2.40 bits per heavy atom. The summed E-state index contributed by atoms with van der Waals surface area (Å²) >= 11 is 0. The van der Waals surface area contributed by atoms with Crippen LogP contribution in [0.25, 0.3) is 0 Å². The maximum atomic E-state index is 11.6. The minimum absolute atomic E-state index is 0.236. The summed E-state index contributed by atoms with van der Waals surface area (Å²) in [4.78, 5) is 11.9. The average molecular weight is 297 g/mol. The molecule has 5 nitrogen and oxygen atoms in total. The van der Waals surface area contributed by atoms with Crippen molar-refractivity contribution < 1.29 is 17.9 Å². The minimum atomic E-state index is -3.17. The lowest BCUT2D eigenvalue weighted by Crippen LogP contribution is -2.39. The van der Waals surface area contributed by atoms with Crippen molar-refractivity contribution in [3.05, 3.63) is 29.8 Å². The number of hydrogen-bond donors (Lipinski definition) is 1. The normalized spacial score (nSPS) is 16.7. The van der Waals surface area contributed by atoms with Gasteiger partial charge in [-0.2, -0.15) is 0 Å². The van der Waals surface area contributed by atoms with Gasteiger partial charge in [-0.15, -0.1) is 0 Å². The highest BCUT2D eigenvalue weighted by Crippen LogP contribution is 2.33. The topological polar surface area (TPSA) is 72.5 Å². The first kappa shape index (κ1) is 15.0. The van der Waals surface area contributed by atoms with Gasteiger partial charge in [-0.25, -0.2) is 8.42 Å². The van der Waals surface area contributed by atoms with Crippen LogP contribution in [0.15, 0.2) is 29.2 Å². The van der Waals surface area contributed by atoms with Crippen LogP contribution in [0.1, 0.15) is 18.4 Å². The molecule has 1 aliphatic rings. The maximum absolute atomic E-state index is 11.6. The molecular weight excluding hydrogens is 278 g/mol. The molecule has 2 rings (SSSR count). The van der Waals surface area contributed by atoms with Crippen molar-refractivity contribution in [2.45, 2.75) is 30.3 Å². The molecule has 1 atom stereocenters. The zero-order valence-corrected chi connectivity index (χ0v) is 12.4. The molecule has 1 fully saturated rings. The molecule has 1 aromatic rings. The Hall–Kier alpha value is -1.40. The summed E-state index contributed by atoms with van der Waals surface area (Å²) in [6.07, 6.45) is 3.26. The molecule has 0 amide bonds. The van der Waals surface area contributed by atoms with E-state index in [1.165, 1.54) is 13.4 Å². The summed E-state index contributed by atoms with van der Waals surface area (Å²) in [7, 11) is -1.78. The van der Waals surface area contributed by atoms with Gasteiger partial charge in [0, 0.05) is 12.8 Å². The van der Waals surface area contributed by atoms with E-state index in [1.54, 1.807) is 24.3 Å². The molecule has 1 saturated carbocycles. The Labute approximate surface area is 119 Å². The summed E-state index contributed by atoms with van der Waals surface area (Å²) in [5.41, 5.74) is 0.937. The fourth-order valence-corrected chi connectivity index (χ4v) is 2.71. The molecule has 6 heteroatoms. The third-order valence-corrected chi connectivity index (χ3v) is 4.55. The second kappa shape index (κ2) is 5.93. The highest BCUT2D eigenvalue weighted by molar-refractivity contribution is 7.90. The van der Waals surface area contributed by atoms with Crippen LogP contribution < -0.4 is 5.32 Å². The summed E-state index contributed by atoms with van der Waals surface area (Å²) in [6, 6.07) is 6.40. The Bertz CT molecular complexity index is 576. The molecule has 110 valence electrons. The van der Waals surface area contributed by atoms with E-state index >= 15 is 0 Å². The van der Waals surface area contributed by atoms with Crippen LogP contribution in [0, 0.1) is 5.92 Å². The zero-order chi connectivity index (χ0) is 14.8. The first-order valence-electron chi connectivity index (χ1n) is 6.52. The van der Waals surface area contributed by atoms with Gasteiger partial charge in [0.1, 0.15) is 6.04 Å². The van der Waals surface area contributed by atoms with Gasteiger partial charge < -0.3 is 10.1 Å². The first-order chi connectivity index (χ1) is 9.41. The fraction of sp³-hybridized carbons (Fsp3) is 0.500. The number of esters is 1. The van der Waals surface area contributed by atoms with Gasteiger partial charge in [-0.05, 0) is 36.5 Å². The van der Waals surface area contributed by atoms with Crippen molar-refractivity contribution in [2.24, 2.45) is 5.92 Å². The van der Waals surface area contributed by atoms with Crippen LogP contribution in [0.3, 0.4) is 0 Å². The Balaban J connectivity index is 1.98. The molecule has 20 heavy (non-hydrogen) atoms. The van der Waals surface area contributed by atoms with Crippen LogP contribution in [-0.2, 0) is 25.9 Å². The van der Waals surface area contributed by atoms with Crippen LogP contribution in [0.2, 0.25) is 0 Å². The van der Waals surface area contributed by atoms with E-state index in [4.69, 9.17) is 4.74 Å². The summed E-state index contributed by atoms with van der Waals surface area (Å²) < 4.78 is 27.5. The van der Waals surface area contributed by atoms with Gasteiger partial charge in [0.25, 0.3) is 0 Å². The van der Waals surface area contributed by atoms with Crippen molar-refractivity contribution in [3.8, 4) is 0 Å². The summed E-state index contributed by atoms with van der Waals surface area (Å²) in [5, 5.41) is 3.18. The van der Waals surface area contributed by atoms with Crippen LogP contribution >= 0.6 is 0 Å². The number of nitrogens with one attached hydrogen (secondary N) is 1. The maximum Gasteiger partial charge on any atom is 0.323 e. The van der Waals surface area contributed by atoms with E-state index in [0.29, 0.717) is 17.4 Å². The van der Waals surface area contributed by atoms with Crippen molar-refractivity contribution in [1.82, 2.24) is 5.32 Å². The number of rotatable bonds is 6. The van der Waals surface area contributed by atoms with Gasteiger partial charge in [0.05, 0.1) is 12.0 Å². The van der Waals surface area contributed by atoms with Crippen molar-refractivity contribution in [1.29, 1.82) is 0 Å². The van der Waals surface area contributed by atoms with Crippen LogP contribution in [0.4, 0.5) is 0 Å². The number of carbonyl (C=O) groups is 1. The third kappa shape index (κ3) is 3.80. The lowest BCUT2D eigenvalue weighted by molar-refractivity contribution is -0.143. The monoisotopic (exact) mass is 297 g/mol. The molecule has 0 radical (unpaired) electrons. The van der Waals surface area contributed by atoms with E-state index in [2.05, 4.69) is 5.32 Å². The largest absolute Gasteiger partial charge is 0.468 e. The van der Waals surface area contributed by atoms with E-state index in [0.717, 1.165) is 18.4 Å². The predicted molar refractivity (Wildman–Crippen MR) is 74.9 cm³/mol. The summed E-state index contributed by atoms with van der Waals surface area (Å²) in [5.74, 6) is 0.123. The van der Waals surface area contributed by atoms with Crippen molar-refractivity contribution in [3.63, 3.8) is 0 Å². The molecule has 0 heterocycles. The lowest BCUT2D eigenvalue weighted by atomic mass is 10.1. The number of ether oxygens (including phenoxy) is 1. The van der Waals surface area contributed by atoms with E-state index < -0.39 is 9.84 Å². The van der Waals surface area contributed by atoms with E-state index in [1.807, 2.05) is 0 Å². The molecule has 1 unspecified atom stereocenters. The molecule has 1 N–H and O–H groups in total. The van der Waals surface area contributed by atoms with Gasteiger partial charge >= 0.3 is 5.97 Å². The number of methoxy groups -OCH3 is 1. The third-order valence-electron chi connectivity index (χ3n) is 3.43. The van der Waals surface area contributed by atoms with Gasteiger partial charge in [0.15, 0.2) is 9.84 Å². The Morgan fingerprint density at radius 1 is 1.35 bits per heavy atom. The molecule has 0 saturated heterocycles. The van der Waals surface area contributed by atoms with Gasteiger partial charge in [-0.3, -0.25) is 4.79 Å². The molecule has 0 bridgehead atoms. The van der Waals surface area contributed by atoms with Crippen LogP contribution in [-0.4, -0.2) is 33.8 Å². The molecule has 0 aliphatic heterocycles. The molecule has 1 aliphatic carbocycles. The standard InChI is InChI=1S/C14H19NO4S/c1-19-14(16)13(11-5-6-11)15-9-10-3-7-12(8-4-10)20(2,17)18/h3-4,7-8,11,13,15H,5-6,9H2,1-2H3. The molecular formula is C14H19NO4S. The Morgan fingerprint density at radius 2 is 1.95 bits per heavy atom. The van der Waals surface area contributed by atoms with Gasteiger partial charge in [0.2, 0.25) is 0 Å². The highest BCUT2D eigenvalue weighted by atomic mass is 32.2. The SMILES string of the molecule is COC(=O)C(NCc1ccc(S(C)(=O)=O)cc1)C1CC1. The average Bonchev–Trinajstić information content (AvgIpc) is 3.22. The van der Waals surface area contributed by atoms with Crippen molar-refractivity contribution in [2.75, 3.05) is 13.4 Å². The fourth-order valence-electron chi connectivity index (χ4n) is 2.08. The molecule has 0 aromatic heterocycles. The summed E-state index contributed by atoms with van der Waals surface area (Å²) in [6.45, 7) is 0.514. The number of sulfone groups is 1. The van der Waals surface area contributed by atoms with Crippen LogP contribution in [0.5, 0.6) is 0 Å². The van der Waals surface area contributed by atoms with Gasteiger partial charge in [-0.1, -0.05) is 12.1 Å². The lowest BCUT2D eigenvalue weighted by Gasteiger charge is -2.15. The quantitative estimate of drug-likeness (QED) is 0.797. The first-order valence-corrected chi connectivity index (χ1v) is 8.41. The zero-order valence-electron chi connectivity index (χ0n) is 11.6. The molecule has 0 spiro atoms. The number of carbonyl (C=O) groups excluding carboxylic acids is 1. The molecule has 1 aromatic carbocycles.